The SMILES string of the molecule is CC1=CC[C@@H]2[C@](C)(CO)[C@H](O)CC[C@@]2(C)[C@@H]1/C=C/C1=CC(=C/c2ccc(F)c(F)c2)/OC1=O. The standard InChI is InChI=1S/C27H30F2O4/c1-16-4-9-23-26(2,11-10-24(31)27(23,3)15-30)20(16)7-6-18-14-19(33-25(18)32)12-17-5-8-21(28)22(29)13-17/h4-8,12-14,20,23-24,30-31H,9-11,15H2,1-3H3/b7-6+,19-12-/t20-,23+,24-,26+,27+/m1/s1. The van der Waals surface area contributed by atoms with E-state index in [9.17, 15) is 23.8 Å². The molecule has 0 bridgehead atoms. The fourth-order valence-corrected chi connectivity index (χ4v) is 5.95. The maximum absolute atomic E-state index is 13.5. The number of allylic oxidation sites excluding steroid dienone is 4. The molecule has 1 aromatic rings. The van der Waals surface area contributed by atoms with Gasteiger partial charge in [-0.05, 0) is 67.4 Å². The summed E-state index contributed by atoms with van der Waals surface area (Å²) >= 11 is 0. The van der Waals surface area contributed by atoms with Gasteiger partial charge in [0.15, 0.2) is 11.6 Å². The Balaban J connectivity index is 1.61. The molecule has 0 saturated heterocycles. The molecule has 4 rings (SSSR count). The van der Waals surface area contributed by atoms with Gasteiger partial charge in [-0.3, -0.25) is 0 Å². The molecule has 1 heterocycles. The number of aliphatic hydroxyl groups excluding tert-OH is 2. The van der Waals surface area contributed by atoms with Crippen molar-refractivity contribution in [3.63, 3.8) is 0 Å². The molecule has 0 spiro atoms. The zero-order chi connectivity index (χ0) is 24.0. The van der Waals surface area contributed by atoms with Crippen molar-refractivity contribution in [3.8, 4) is 0 Å². The van der Waals surface area contributed by atoms with E-state index in [-0.39, 0.29) is 29.6 Å². The Bertz CT molecular complexity index is 1090. The molecule has 6 heteroatoms. The number of fused-ring (bicyclic) bond motifs is 1. The first-order valence-corrected chi connectivity index (χ1v) is 11.3. The molecule has 0 aromatic heterocycles. The molecule has 1 fully saturated rings. The van der Waals surface area contributed by atoms with E-state index in [4.69, 9.17) is 4.74 Å². The number of cyclic esters (lactones) is 1. The summed E-state index contributed by atoms with van der Waals surface area (Å²) < 4.78 is 31.9. The van der Waals surface area contributed by atoms with Gasteiger partial charge in [0, 0.05) is 11.3 Å². The molecule has 1 aromatic carbocycles. The Kier molecular flexibility index (Phi) is 6.18. The van der Waals surface area contributed by atoms with Gasteiger partial charge >= 0.3 is 5.97 Å². The second-order valence-electron chi connectivity index (χ2n) is 10.0. The normalized spacial score (nSPS) is 35.4. The Morgan fingerprint density at radius 3 is 2.70 bits per heavy atom. The summed E-state index contributed by atoms with van der Waals surface area (Å²) in [6.07, 6.45) is 10.7. The van der Waals surface area contributed by atoms with Gasteiger partial charge < -0.3 is 14.9 Å². The minimum Gasteiger partial charge on any atom is -0.423 e. The van der Waals surface area contributed by atoms with Crippen molar-refractivity contribution in [3.05, 3.63) is 76.6 Å². The Morgan fingerprint density at radius 2 is 2.00 bits per heavy atom. The lowest BCUT2D eigenvalue weighted by molar-refractivity contribution is -0.138. The van der Waals surface area contributed by atoms with Crippen molar-refractivity contribution in [1.29, 1.82) is 0 Å². The van der Waals surface area contributed by atoms with Crippen molar-refractivity contribution >= 4 is 12.0 Å². The predicted molar refractivity (Wildman–Crippen MR) is 122 cm³/mol. The van der Waals surface area contributed by atoms with Gasteiger partial charge in [0.2, 0.25) is 0 Å². The van der Waals surface area contributed by atoms with Gasteiger partial charge in [-0.15, -0.1) is 0 Å². The summed E-state index contributed by atoms with van der Waals surface area (Å²) in [5, 5.41) is 20.8. The Hall–Kier alpha value is -2.57. The van der Waals surface area contributed by atoms with Crippen molar-refractivity contribution in [1.82, 2.24) is 0 Å². The maximum atomic E-state index is 13.5. The third kappa shape index (κ3) is 4.11. The zero-order valence-electron chi connectivity index (χ0n) is 19.1. The van der Waals surface area contributed by atoms with E-state index in [0.717, 1.165) is 25.0 Å². The van der Waals surface area contributed by atoms with Gasteiger partial charge in [-0.25, -0.2) is 13.6 Å². The van der Waals surface area contributed by atoms with E-state index in [2.05, 4.69) is 19.9 Å². The van der Waals surface area contributed by atoms with E-state index in [1.165, 1.54) is 17.7 Å². The van der Waals surface area contributed by atoms with Crippen LogP contribution in [0.25, 0.3) is 6.08 Å². The molecule has 4 nitrogen and oxygen atoms in total. The van der Waals surface area contributed by atoms with Crippen LogP contribution in [0.3, 0.4) is 0 Å². The summed E-state index contributed by atoms with van der Waals surface area (Å²) in [4.78, 5) is 12.4. The fraction of sp³-hybridized carbons (Fsp3) is 0.444. The molecule has 33 heavy (non-hydrogen) atoms. The third-order valence-corrected chi connectivity index (χ3v) is 7.99. The van der Waals surface area contributed by atoms with Crippen LogP contribution in [0.5, 0.6) is 0 Å². The van der Waals surface area contributed by atoms with Crippen molar-refractivity contribution in [2.45, 2.75) is 46.1 Å². The second kappa shape index (κ2) is 8.65. The van der Waals surface area contributed by atoms with Crippen LogP contribution in [-0.4, -0.2) is 28.9 Å². The minimum atomic E-state index is -0.965. The lowest BCUT2D eigenvalue weighted by Crippen LogP contribution is -2.56. The largest absolute Gasteiger partial charge is 0.423 e. The number of halogens is 2. The molecule has 0 unspecified atom stereocenters. The summed E-state index contributed by atoms with van der Waals surface area (Å²) in [5.74, 6) is -1.99. The molecule has 0 radical (unpaired) electrons. The van der Waals surface area contributed by atoms with E-state index < -0.39 is 29.1 Å². The van der Waals surface area contributed by atoms with E-state index >= 15 is 0 Å². The Morgan fingerprint density at radius 1 is 1.24 bits per heavy atom. The van der Waals surface area contributed by atoms with E-state index in [1.807, 2.05) is 13.0 Å². The minimum absolute atomic E-state index is 0.0440. The lowest BCUT2D eigenvalue weighted by Gasteiger charge is -2.58. The van der Waals surface area contributed by atoms with Crippen LogP contribution in [0.2, 0.25) is 0 Å². The number of hydrogen-bond acceptors (Lipinski definition) is 4. The topological polar surface area (TPSA) is 66.8 Å². The number of esters is 1. The predicted octanol–water partition coefficient (Wildman–Crippen LogP) is 5.09. The van der Waals surface area contributed by atoms with Crippen molar-refractivity contribution < 1.29 is 28.5 Å². The molecular weight excluding hydrogens is 426 g/mol. The molecule has 2 N–H and O–H groups in total. The van der Waals surface area contributed by atoms with Crippen LogP contribution in [0.1, 0.15) is 45.6 Å². The maximum Gasteiger partial charge on any atom is 0.343 e. The highest BCUT2D eigenvalue weighted by molar-refractivity contribution is 5.96. The summed E-state index contributed by atoms with van der Waals surface area (Å²) in [6, 6.07) is 3.48. The number of carbonyl (C=O) groups is 1. The fourth-order valence-electron chi connectivity index (χ4n) is 5.95. The smallest absolute Gasteiger partial charge is 0.343 e. The van der Waals surface area contributed by atoms with Crippen LogP contribution in [0.4, 0.5) is 8.78 Å². The monoisotopic (exact) mass is 456 g/mol. The summed E-state index contributed by atoms with van der Waals surface area (Å²) in [5.41, 5.74) is 1.22. The van der Waals surface area contributed by atoms with E-state index in [0.29, 0.717) is 17.6 Å². The first-order valence-electron chi connectivity index (χ1n) is 11.3. The quantitative estimate of drug-likeness (QED) is 0.489. The number of benzene rings is 1. The number of ether oxygens (including phenoxy) is 1. The highest BCUT2D eigenvalue weighted by Crippen LogP contribution is 2.60. The first-order chi connectivity index (χ1) is 15.6. The van der Waals surface area contributed by atoms with Crippen LogP contribution >= 0.6 is 0 Å². The van der Waals surface area contributed by atoms with Gasteiger partial charge in [0.05, 0.1) is 18.3 Å². The van der Waals surface area contributed by atoms with Gasteiger partial charge in [-0.2, -0.15) is 0 Å². The number of rotatable bonds is 4. The Labute approximate surface area is 193 Å². The molecule has 1 saturated carbocycles. The summed E-state index contributed by atoms with van der Waals surface area (Å²) in [6.45, 7) is 6.17. The first kappa shape index (κ1) is 23.6. The van der Waals surface area contributed by atoms with Gasteiger partial charge in [0.25, 0.3) is 0 Å². The molecule has 1 aliphatic heterocycles. The van der Waals surface area contributed by atoms with Crippen LogP contribution in [0.15, 0.2) is 59.4 Å². The molecule has 176 valence electrons. The highest BCUT2D eigenvalue weighted by Gasteiger charge is 2.56. The highest BCUT2D eigenvalue weighted by atomic mass is 19.2. The summed E-state index contributed by atoms with van der Waals surface area (Å²) in [7, 11) is 0. The van der Waals surface area contributed by atoms with E-state index in [1.54, 1.807) is 12.2 Å². The van der Waals surface area contributed by atoms with Gasteiger partial charge in [-0.1, -0.05) is 43.7 Å². The lowest BCUT2D eigenvalue weighted by atomic mass is 9.47. The van der Waals surface area contributed by atoms with Crippen molar-refractivity contribution in [2.75, 3.05) is 6.61 Å². The number of carbonyl (C=O) groups excluding carboxylic acids is 1. The average Bonchev–Trinajstić information content (AvgIpc) is 3.12. The van der Waals surface area contributed by atoms with Crippen molar-refractivity contribution in [2.24, 2.45) is 22.7 Å². The molecular formula is C27H30F2O4. The zero-order valence-corrected chi connectivity index (χ0v) is 19.1. The van der Waals surface area contributed by atoms with Crippen LogP contribution in [-0.2, 0) is 9.53 Å². The molecule has 2 aliphatic carbocycles. The van der Waals surface area contributed by atoms with Crippen LogP contribution < -0.4 is 0 Å². The average molecular weight is 457 g/mol. The molecule has 5 atom stereocenters. The number of hydrogen-bond donors (Lipinski definition) is 2. The molecule has 3 aliphatic rings. The third-order valence-electron chi connectivity index (χ3n) is 7.99. The molecule has 0 amide bonds. The van der Waals surface area contributed by atoms with Gasteiger partial charge in [0.1, 0.15) is 5.76 Å². The number of aliphatic hydroxyl groups is 2. The van der Waals surface area contributed by atoms with Crippen LogP contribution in [0, 0.1) is 34.3 Å². The second-order valence-corrected chi connectivity index (χ2v) is 10.0.